The van der Waals surface area contributed by atoms with E-state index in [1.54, 1.807) is 47.4 Å². The summed E-state index contributed by atoms with van der Waals surface area (Å²) in [6.45, 7) is 0.831. The minimum absolute atomic E-state index is 0.0309. The van der Waals surface area contributed by atoms with E-state index >= 15 is 0 Å². The maximum Gasteiger partial charge on any atom is 0.309 e. The van der Waals surface area contributed by atoms with Gasteiger partial charge in [0.15, 0.2) is 0 Å². The number of piperidine rings is 1. The minimum Gasteiger partial charge on any atom is -0.481 e. The average molecular weight is 368 g/mol. The lowest BCUT2D eigenvalue weighted by atomic mass is 9.77. The first kappa shape index (κ1) is 17.4. The van der Waals surface area contributed by atoms with E-state index in [2.05, 4.69) is 9.97 Å². The highest BCUT2D eigenvalue weighted by Gasteiger charge is 2.55. The van der Waals surface area contributed by atoms with E-state index < -0.39 is 17.4 Å². The third-order valence-corrected chi connectivity index (χ3v) is 6.00. The Morgan fingerprint density at radius 3 is 2.48 bits per heavy atom. The zero-order valence-electron chi connectivity index (χ0n) is 15.0. The number of likely N-dealkylation sites (tertiary alicyclic amines) is 2. The smallest absolute Gasteiger partial charge is 0.309 e. The number of carbonyl (C=O) groups is 3. The zero-order valence-corrected chi connectivity index (χ0v) is 15.0. The molecule has 2 amide bonds. The molecule has 0 unspecified atom stereocenters. The second-order valence-corrected chi connectivity index (χ2v) is 7.20. The van der Waals surface area contributed by atoms with Crippen molar-refractivity contribution in [1.82, 2.24) is 19.8 Å². The predicted octanol–water partition coefficient (Wildman–Crippen LogP) is 1.17. The van der Waals surface area contributed by atoms with Crippen LogP contribution in [-0.2, 0) is 9.59 Å². The molecule has 1 aromatic heterocycles. The Bertz CT molecular complexity index is 936. The van der Waals surface area contributed by atoms with Gasteiger partial charge in [-0.25, -0.2) is 0 Å². The van der Waals surface area contributed by atoms with Crippen LogP contribution in [-0.4, -0.2) is 68.3 Å². The molecule has 0 radical (unpaired) electrons. The maximum atomic E-state index is 12.9. The number of carboxylic acid groups (broad SMARTS) is 1. The maximum absolute atomic E-state index is 12.9. The highest BCUT2D eigenvalue weighted by Crippen LogP contribution is 2.43. The van der Waals surface area contributed by atoms with Crippen LogP contribution in [0.2, 0.25) is 0 Å². The molecule has 140 valence electrons. The number of aliphatic carboxylic acids is 1. The van der Waals surface area contributed by atoms with E-state index in [0.717, 1.165) is 5.52 Å². The van der Waals surface area contributed by atoms with Gasteiger partial charge in [0.1, 0.15) is 0 Å². The van der Waals surface area contributed by atoms with Crippen LogP contribution in [0.5, 0.6) is 0 Å². The number of carboxylic acids is 1. The fourth-order valence-electron chi connectivity index (χ4n) is 4.36. The van der Waals surface area contributed by atoms with Gasteiger partial charge >= 0.3 is 5.97 Å². The Hall–Kier alpha value is -3.03. The summed E-state index contributed by atoms with van der Waals surface area (Å²) in [5.74, 6) is -1.92. The molecule has 1 atom stereocenters. The number of hydrogen-bond acceptors (Lipinski definition) is 5. The number of nitrogens with zero attached hydrogens (tertiary/aromatic N) is 4. The molecule has 2 fully saturated rings. The molecule has 8 nitrogen and oxygen atoms in total. The Morgan fingerprint density at radius 2 is 1.81 bits per heavy atom. The molecule has 2 saturated heterocycles. The first-order valence-electron chi connectivity index (χ1n) is 8.92. The summed E-state index contributed by atoms with van der Waals surface area (Å²) in [4.78, 5) is 48.4. The highest BCUT2D eigenvalue weighted by molar-refractivity contribution is 5.97. The SMILES string of the molecule is CN1C(=O)C[C@H](C(=O)O)C12CCN(C(=O)c1ccc3nccnc3c1)CC2. The largest absolute Gasteiger partial charge is 0.481 e. The second kappa shape index (κ2) is 6.29. The Balaban J connectivity index is 1.53. The summed E-state index contributed by atoms with van der Waals surface area (Å²) in [5.41, 5.74) is 1.21. The van der Waals surface area contributed by atoms with Crippen LogP contribution < -0.4 is 0 Å². The fraction of sp³-hybridized carbons (Fsp3) is 0.421. The summed E-state index contributed by atoms with van der Waals surface area (Å²) >= 11 is 0. The predicted molar refractivity (Wildman–Crippen MR) is 95.9 cm³/mol. The van der Waals surface area contributed by atoms with E-state index in [-0.39, 0.29) is 18.2 Å². The molecule has 2 aromatic rings. The lowest BCUT2D eigenvalue weighted by molar-refractivity contribution is -0.145. The van der Waals surface area contributed by atoms with Gasteiger partial charge < -0.3 is 14.9 Å². The molecular formula is C19H20N4O4. The van der Waals surface area contributed by atoms with Gasteiger partial charge in [-0.1, -0.05) is 0 Å². The number of hydrogen-bond donors (Lipinski definition) is 1. The van der Waals surface area contributed by atoms with Gasteiger partial charge in [-0.3, -0.25) is 24.4 Å². The second-order valence-electron chi connectivity index (χ2n) is 7.20. The number of amides is 2. The standard InChI is InChI=1S/C19H20N4O4/c1-22-16(24)11-13(18(26)27)19(22)4-8-23(9-5-19)17(25)12-2-3-14-15(10-12)21-7-6-20-14/h2-3,6-7,10,13H,4-5,8-9,11H2,1H3,(H,26,27)/t13-/m1/s1. The summed E-state index contributed by atoms with van der Waals surface area (Å²) in [7, 11) is 1.67. The Kier molecular flexibility index (Phi) is 4.05. The van der Waals surface area contributed by atoms with E-state index in [0.29, 0.717) is 37.0 Å². The molecular weight excluding hydrogens is 348 g/mol. The number of benzene rings is 1. The van der Waals surface area contributed by atoms with Crippen LogP contribution >= 0.6 is 0 Å². The number of fused-ring (bicyclic) bond motifs is 1. The molecule has 0 saturated carbocycles. The average Bonchev–Trinajstić information content (AvgIpc) is 2.93. The summed E-state index contributed by atoms with van der Waals surface area (Å²) < 4.78 is 0. The molecule has 2 aliphatic rings. The van der Waals surface area contributed by atoms with Crippen molar-refractivity contribution in [2.45, 2.75) is 24.8 Å². The molecule has 1 N–H and O–H groups in total. The Morgan fingerprint density at radius 1 is 1.15 bits per heavy atom. The highest BCUT2D eigenvalue weighted by atomic mass is 16.4. The first-order valence-corrected chi connectivity index (χ1v) is 8.92. The molecule has 0 aliphatic carbocycles. The van der Waals surface area contributed by atoms with Crippen molar-refractivity contribution in [1.29, 1.82) is 0 Å². The lowest BCUT2D eigenvalue weighted by Gasteiger charge is -2.45. The van der Waals surface area contributed by atoms with E-state index in [9.17, 15) is 19.5 Å². The minimum atomic E-state index is -0.944. The Labute approximate surface area is 155 Å². The van der Waals surface area contributed by atoms with Gasteiger partial charge in [-0.15, -0.1) is 0 Å². The first-order chi connectivity index (χ1) is 12.9. The summed E-state index contributed by atoms with van der Waals surface area (Å²) in [6, 6.07) is 5.22. The van der Waals surface area contributed by atoms with Gasteiger partial charge in [-0.05, 0) is 31.0 Å². The third kappa shape index (κ3) is 2.72. The van der Waals surface area contributed by atoms with Crippen LogP contribution in [0.15, 0.2) is 30.6 Å². The van der Waals surface area contributed by atoms with Crippen LogP contribution in [0.25, 0.3) is 11.0 Å². The summed E-state index contributed by atoms with van der Waals surface area (Å²) in [6.07, 6.45) is 4.15. The lowest BCUT2D eigenvalue weighted by Crippen LogP contribution is -2.56. The summed E-state index contributed by atoms with van der Waals surface area (Å²) in [5, 5.41) is 9.55. The van der Waals surface area contributed by atoms with E-state index in [1.165, 1.54) is 0 Å². The van der Waals surface area contributed by atoms with Crippen LogP contribution in [0.3, 0.4) is 0 Å². The van der Waals surface area contributed by atoms with Crippen molar-refractivity contribution in [3.05, 3.63) is 36.2 Å². The van der Waals surface area contributed by atoms with Crippen molar-refractivity contribution >= 4 is 28.8 Å². The number of rotatable bonds is 2. The molecule has 3 heterocycles. The van der Waals surface area contributed by atoms with Gasteiger partial charge in [0.25, 0.3) is 5.91 Å². The molecule has 1 spiro atoms. The number of aromatic nitrogens is 2. The zero-order chi connectivity index (χ0) is 19.2. The molecule has 27 heavy (non-hydrogen) atoms. The molecule has 0 bridgehead atoms. The monoisotopic (exact) mass is 368 g/mol. The van der Waals surface area contributed by atoms with Gasteiger partial charge in [0.2, 0.25) is 5.91 Å². The van der Waals surface area contributed by atoms with Crippen LogP contribution in [0.1, 0.15) is 29.6 Å². The van der Waals surface area contributed by atoms with Crippen molar-refractivity contribution in [2.75, 3.05) is 20.1 Å². The van der Waals surface area contributed by atoms with Crippen LogP contribution in [0.4, 0.5) is 0 Å². The molecule has 1 aromatic carbocycles. The van der Waals surface area contributed by atoms with Gasteiger partial charge in [0, 0.05) is 44.5 Å². The molecule has 8 heteroatoms. The van der Waals surface area contributed by atoms with Crippen molar-refractivity contribution in [2.24, 2.45) is 5.92 Å². The fourth-order valence-corrected chi connectivity index (χ4v) is 4.36. The van der Waals surface area contributed by atoms with E-state index in [1.807, 2.05) is 0 Å². The number of carbonyl (C=O) groups excluding carboxylic acids is 2. The van der Waals surface area contributed by atoms with Crippen molar-refractivity contribution < 1.29 is 19.5 Å². The van der Waals surface area contributed by atoms with Gasteiger partial charge in [-0.2, -0.15) is 0 Å². The van der Waals surface area contributed by atoms with Gasteiger partial charge in [0.05, 0.1) is 22.5 Å². The topological polar surface area (TPSA) is 104 Å². The van der Waals surface area contributed by atoms with Crippen LogP contribution in [0, 0.1) is 5.92 Å². The molecule has 4 rings (SSSR count). The molecule has 2 aliphatic heterocycles. The normalized spacial score (nSPS) is 21.8. The van der Waals surface area contributed by atoms with Crippen molar-refractivity contribution in [3.63, 3.8) is 0 Å². The van der Waals surface area contributed by atoms with E-state index in [4.69, 9.17) is 0 Å². The van der Waals surface area contributed by atoms with Crippen molar-refractivity contribution in [3.8, 4) is 0 Å². The quantitative estimate of drug-likeness (QED) is 0.853. The third-order valence-electron chi connectivity index (χ3n) is 6.00.